The summed E-state index contributed by atoms with van der Waals surface area (Å²) in [5, 5.41) is 15.8. The number of aryl methyl sites for hydroxylation is 2. The number of nitrogens with one attached hydrogen (secondary N) is 1. The Balaban J connectivity index is 2.44. The number of carboxylic acid groups (broad SMARTS) is 1. The van der Waals surface area contributed by atoms with Crippen molar-refractivity contribution >= 4 is 5.97 Å². The van der Waals surface area contributed by atoms with E-state index >= 15 is 0 Å². The highest BCUT2D eigenvalue weighted by Gasteiger charge is 2.14. The third kappa shape index (κ3) is 3.66. The van der Waals surface area contributed by atoms with Gasteiger partial charge in [0.1, 0.15) is 6.04 Å². The van der Waals surface area contributed by atoms with Crippen LogP contribution >= 0.6 is 0 Å². The number of rotatable bonds is 7. The minimum atomic E-state index is -0.816. The lowest BCUT2D eigenvalue weighted by atomic mass is 10.2. The minimum absolute atomic E-state index is 0.501. The van der Waals surface area contributed by atoms with Gasteiger partial charge < -0.3 is 10.4 Å². The number of likely N-dealkylation sites (N-methyl/N-ethyl adjacent to an activating group) is 1. The SMILES string of the molecule is CCCc1cnn(CCC(NC)C(=O)O)c1. The van der Waals surface area contributed by atoms with Crippen LogP contribution in [0.15, 0.2) is 12.4 Å². The summed E-state index contributed by atoms with van der Waals surface area (Å²) in [7, 11) is 1.66. The highest BCUT2D eigenvalue weighted by atomic mass is 16.4. The lowest BCUT2D eigenvalue weighted by molar-refractivity contribution is -0.139. The van der Waals surface area contributed by atoms with Crippen LogP contribution in [0.1, 0.15) is 25.3 Å². The maximum absolute atomic E-state index is 10.8. The quantitative estimate of drug-likeness (QED) is 0.723. The van der Waals surface area contributed by atoms with Gasteiger partial charge in [-0.05, 0) is 25.5 Å². The van der Waals surface area contributed by atoms with Crippen LogP contribution in [0.5, 0.6) is 0 Å². The summed E-state index contributed by atoms with van der Waals surface area (Å²) in [4.78, 5) is 10.8. The Hall–Kier alpha value is -1.36. The summed E-state index contributed by atoms with van der Waals surface area (Å²) >= 11 is 0. The number of aliphatic carboxylic acids is 1. The van der Waals surface area contributed by atoms with Crippen molar-refractivity contribution in [2.75, 3.05) is 7.05 Å². The molecule has 1 atom stereocenters. The van der Waals surface area contributed by atoms with Crippen molar-refractivity contribution in [1.29, 1.82) is 0 Å². The molecule has 1 rings (SSSR count). The Labute approximate surface area is 95.5 Å². The number of carbonyl (C=O) groups is 1. The van der Waals surface area contributed by atoms with Gasteiger partial charge in [0.15, 0.2) is 0 Å². The van der Waals surface area contributed by atoms with Crippen molar-refractivity contribution in [2.45, 2.75) is 38.8 Å². The number of hydrogen-bond acceptors (Lipinski definition) is 3. The number of nitrogens with zero attached hydrogens (tertiary/aromatic N) is 2. The lowest BCUT2D eigenvalue weighted by Crippen LogP contribution is -2.34. The Bertz CT molecular complexity index is 336. The van der Waals surface area contributed by atoms with Crippen molar-refractivity contribution in [3.63, 3.8) is 0 Å². The summed E-state index contributed by atoms with van der Waals surface area (Å²) < 4.78 is 1.80. The highest BCUT2D eigenvalue weighted by Crippen LogP contribution is 2.03. The topological polar surface area (TPSA) is 67.2 Å². The van der Waals surface area contributed by atoms with Gasteiger partial charge in [-0.2, -0.15) is 5.10 Å². The first-order valence-corrected chi connectivity index (χ1v) is 5.58. The molecule has 0 fully saturated rings. The smallest absolute Gasteiger partial charge is 0.320 e. The first-order chi connectivity index (χ1) is 7.67. The predicted molar refractivity (Wildman–Crippen MR) is 61.3 cm³/mol. The van der Waals surface area contributed by atoms with Crippen LogP contribution in [0, 0.1) is 0 Å². The molecule has 0 aliphatic heterocycles. The second-order valence-electron chi connectivity index (χ2n) is 3.83. The third-order valence-electron chi connectivity index (χ3n) is 2.52. The normalized spacial score (nSPS) is 12.6. The van der Waals surface area contributed by atoms with E-state index in [9.17, 15) is 4.79 Å². The highest BCUT2D eigenvalue weighted by molar-refractivity contribution is 5.73. The molecule has 1 heterocycles. The maximum atomic E-state index is 10.8. The second kappa shape index (κ2) is 6.27. The molecule has 0 saturated carbocycles. The molecule has 0 saturated heterocycles. The van der Waals surface area contributed by atoms with Gasteiger partial charge in [-0.1, -0.05) is 13.3 Å². The van der Waals surface area contributed by atoms with Gasteiger partial charge >= 0.3 is 5.97 Å². The van der Waals surface area contributed by atoms with Gasteiger partial charge in [0, 0.05) is 12.7 Å². The zero-order chi connectivity index (χ0) is 12.0. The average molecular weight is 225 g/mol. The second-order valence-corrected chi connectivity index (χ2v) is 3.83. The molecule has 1 aromatic rings. The number of hydrogen-bond donors (Lipinski definition) is 2. The summed E-state index contributed by atoms with van der Waals surface area (Å²) in [6.45, 7) is 2.75. The van der Waals surface area contributed by atoms with E-state index in [0.717, 1.165) is 12.8 Å². The largest absolute Gasteiger partial charge is 0.480 e. The van der Waals surface area contributed by atoms with Gasteiger partial charge in [0.25, 0.3) is 0 Å². The van der Waals surface area contributed by atoms with Crippen LogP contribution in [0.3, 0.4) is 0 Å². The predicted octanol–water partition coefficient (Wildman–Crippen LogP) is 0.898. The summed E-state index contributed by atoms with van der Waals surface area (Å²) in [5.74, 6) is -0.816. The fourth-order valence-corrected chi connectivity index (χ4v) is 1.60. The third-order valence-corrected chi connectivity index (χ3v) is 2.52. The van der Waals surface area contributed by atoms with Crippen molar-refractivity contribution < 1.29 is 9.90 Å². The van der Waals surface area contributed by atoms with Crippen molar-refractivity contribution in [1.82, 2.24) is 15.1 Å². The van der Waals surface area contributed by atoms with Crippen LogP contribution < -0.4 is 5.32 Å². The van der Waals surface area contributed by atoms with Crippen LogP contribution in [0.2, 0.25) is 0 Å². The molecular weight excluding hydrogens is 206 g/mol. The molecule has 16 heavy (non-hydrogen) atoms. The Kier molecular flexibility index (Phi) is 4.98. The van der Waals surface area contributed by atoms with E-state index in [4.69, 9.17) is 5.11 Å². The molecule has 0 aromatic carbocycles. The average Bonchev–Trinajstić information content (AvgIpc) is 2.67. The zero-order valence-electron chi connectivity index (χ0n) is 9.81. The Morgan fingerprint density at radius 2 is 2.44 bits per heavy atom. The number of carboxylic acids is 1. The molecule has 0 aliphatic rings. The Morgan fingerprint density at radius 3 is 3.00 bits per heavy atom. The van der Waals surface area contributed by atoms with E-state index in [0.29, 0.717) is 13.0 Å². The standard InChI is InChI=1S/C11H19N3O2/c1-3-4-9-7-13-14(8-9)6-5-10(12-2)11(15)16/h7-8,10,12H,3-6H2,1-2H3,(H,15,16). The van der Waals surface area contributed by atoms with E-state index in [1.165, 1.54) is 5.56 Å². The van der Waals surface area contributed by atoms with E-state index in [1.54, 1.807) is 11.7 Å². The molecule has 0 amide bonds. The number of aromatic nitrogens is 2. The molecule has 0 radical (unpaired) electrons. The van der Waals surface area contributed by atoms with Gasteiger partial charge in [-0.15, -0.1) is 0 Å². The fourth-order valence-electron chi connectivity index (χ4n) is 1.60. The monoisotopic (exact) mass is 225 g/mol. The van der Waals surface area contributed by atoms with Crippen LogP contribution in [0.25, 0.3) is 0 Å². The van der Waals surface area contributed by atoms with Gasteiger partial charge in [-0.3, -0.25) is 9.48 Å². The molecule has 5 nitrogen and oxygen atoms in total. The lowest BCUT2D eigenvalue weighted by Gasteiger charge is -2.10. The molecule has 1 unspecified atom stereocenters. The molecule has 5 heteroatoms. The van der Waals surface area contributed by atoms with Crippen LogP contribution in [-0.2, 0) is 17.8 Å². The molecule has 0 bridgehead atoms. The minimum Gasteiger partial charge on any atom is -0.480 e. The molecule has 0 spiro atoms. The van der Waals surface area contributed by atoms with Crippen molar-refractivity contribution in [3.8, 4) is 0 Å². The first-order valence-electron chi connectivity index (χ1n) is 5.58. The van der Waals surface area contributed by atoms with Gasteiger partial charge in [-0.25, -0.2) is 0 Å². The van der Waals surface area contributed by atoms with E-state index < -0.39 is 12.0 Å². The van der Waals surface area contributed by atoms with Crippen molar-refractivity contribution in [2.24, 2.45) is 0 Å². The van der Waals surface area contributed by atoms with E-state index in [-0.39, 0.29) is 0 Å². The van der Waals surface area contributed by atoms with Crippen LogP contribution in [-0.4, -0.2) is 33.9 Å². The summed E-state index contributed by atoms with van der Waals surface area (Å²) in [6, 6.07) is -0.501. The summed E-state index contributed by atoms with van der Waals surface area (Å²) in [5.41, 5.74) is 1.21. The molecule has 1 aromatic heterocycles. The maximum Gasteiger partial charge on any atom is 0.320 e. The van der Waals surface area contributed by atoms with Crippen LogP contribution in [0.4, 0.5) is 0 Å². The molecule has 2 N–H and O–H groups in total. The Morgan fingerprint density at radius 1 is 1.69 bits per heavy atom. The zero-order valence-corrected chi connectivity index (χ0v) is 9.81. The van der Waals surface area contributed by atoms with E-state index in [2.05, 4.69) is 17.3 Å². The van der Waals surface area contributed by atoms with E-state index in [1.807, 2.05) is 12.4 Å². The fraction of sp³-hybridized carbons (Fsp3) is 0.636. The van der Waals surface area contributed by atoms with Crippen molar-refractivity contribution in [3.05, 3.63) is 18.0 Å². The van der Waals surface area contributed by atoms with Gasteiger partial charge in [0.05, 0.1) is 6.20 Å². The molecule has 90 valence electrons. The molecule has 0 aliphatic carbocycles. The van der Waals surface area contributed by atoms with Gasteiger partial charge in [0.2, 0.25) is 0 Å². The summed E-state index contributed by atoms with van der Waals surface area (Å²) in [6.07, 6.45) is 6.49. The molecular formula is C11H19N3O2. The first kappa shape index (κ1) is 12.7.